The van der Waals surface area contributed by atoms with Gasteiger partial charge in [-0.05, 0) is 6.92 Å². The smallest absolute Gasteiger partial charge is 0.244 e. The zero-order valence-electron chi connectivity index (χ0n) is 8.36. The molecule has 3 N–H and O–H groups in total. The summed E-state index contributed by atoms with van der Waals surface area (Å²) in [6.07, 6.45) is 1.64. The molecule has 1 unspecified atom stereocenters. The molecule has 4 nitrogen and oxygen atoms in total. The third kappa shape index (κ3) is 1.59. The maximum atomic E-state index is 11.4. The number of rotatable bonds is 2. The Kier molecular flexibility index (Phi) is 2.43. The van der Waals surface area contributed by atoms with Crippen molar-refractivity contribution in [2.24, 2.45) is 5.84 Å². The number of fused-ring (bicyclic) bond motifs is 1. The highest BCUT2D eigenvalue weighted by molar-refractivity contribution is 5.90. The number of hydrazine groups is 1. The number of nitrogens with one attached hydrogen (secondary N) is 1. The lowest BCUT2D eigenvalue weighted by Gasteiger charge is -2.06. The molecule has 1 heterocycles. The molecule has 0 bridgehead atoms. The summed E-state index contributed by atoms with van der Waals surface area (Å²) in [6.45, 7) is 1.76. The predicted molar refractivity (Wildman–Crippen MR) is 57.0 cm³/mol. The average Bonchev–Trinajstić information content (AvgIpc) is 2.70. The molecule has 1 aromatic heterocycles. The quantitative estimate of drug-likeness (QED) is 0.443. The minimum absolute atomic E-state index is 0.255. The zero-order chi connectivity index (χ0) is 10.8. The molecule has 0 aliphatic carbocycles. The van der Waals surface area contributed by atoms with Crippen LogP contribution in [-0.4, -0.2) is 5.91 Å². The number of furan rings is 1. The Morgan fingerprint density at radius 1 is 1.47 bits per heavy atom. The first-order chi connectivity index (χ1) is 7.24. The molecule has 1 amide bonds. The van der Waals surface area contributed by atoms with Crippen LogP contribution in [0.1, 0.15) is 18.6 Å². The summed E-state index contributed by atoms with van der Waals surface area (Å²) in [5.41, 5.74) is 2.12. The highest BCUT2D eigenvalue weighted by atomic mass is 16.3. The molecule has 0 aliphatic heterocycles. The summed E-state index contributed by atoms with van der Waals surface area (Å²) in [6, 6.07) is 7.70. The highest BCUT2D eigenvalue weighted by Crippen LogP contribution is 2.27. The van der Waals surface area contributed by atoms with Crippen molar-refractivity contribution < 1.29 is 9.21 Å². The van der Waals surface area contributed by atoms with Gasteiger partial charge in [-0.3, -0.25) is 10.2 Å². The molecule has 15 heavy (non-hydrogen) atoms. The molecule has 0 saturated carbocycles. The van der Waals surface area contributed by atoms with Gasteiger partial charge in [0.05, 0.1) is 12.2 Å². The summed E-state index contributed by atoms with van der Waals surface area (Å²) in [7, 11) is 0. The van der Waals surface area contributed by atoms with E-state index in [4.69, 9.17) is 10.3 Å². The van der Waals surface area contributed by atoms with Crippen LogP contribution in [0.4, 0.5) is 0 Å². The van der Waals surface area contributed by atoms with E-state index >= 15 is 0 Å². The molecule has 1 aromatic carbocycles. The second kappa shape index (κ2) is 3.74. The number of nitrogens with two attached hydrogens (primary N) is 1. The largest absolute Gasteiger partial charge is 0.467 e. The molecule has 0 saturated heterocycles. The number of amides is 1. The van der Waals surface area contributed by atoms with E-state index in [1.165, 1.54) is 0 Å². The van der Waals surface area contributed by atoms with E-state index in [0.717, 1.165) is 10.8 Å². The Morgan fingerprint density at radius 2 is 2.20 bits per heavy atom. The van der Waals surface area contributed by atoms with Gasteiger partial charge in [-0.2, -0.15) is 0 Å². The molecule has 2 rings (SSSR count). The minimum Gasteiger partial charge on any atom is -0.467 e. The van der Waals surface area contributed by atoms with Crippen molar-refractivity contribution in [2.45, 2.75) is 12.8 Å². The first kappa shape index (κ1) is 9.73. The monoisotopic (exact) mass is 204 g/mol. The first-order valence-corrected chi connectivity index (χ1v) is 4.70. The van der Waals surface area contributed by atoms with E-state index in [1.54, 1.807) is 13.2 Å². The van der Waals surface area contributed by atoms with Gasteiger partial charge in [-0.25, -0.2) is 5.84 Å². The summed E-state index contributed by atoms with van der Waals surface area (Å²) in [5, 5.41) is 1.94. The number of hydrogen-bond donors (Lipinski definition) is 2. The normalized spacial score (nSPS) is 12.7. The van der Waals surface area contributed by atoms with E-state index in [1.807, 2.05) is 24.3 Å². The molecular formula is C11H12N2O2. The first-order valence-electron chi connectivity index (χ1n) is 4.70. The second-order valence-electron chi connectivity index (χ2n) is 3.42. The van der Waals surface area contributed by atoms with Gasteiger partial charge in [0.2, 0.25) is 5.91 Å². The van der Waals surface area contributed by atoms with Crippen LogP contribution < -0.4 is 11.3 Å². The molecule has 78 valence electrons. The van der Waals surface area contributed by atoms with Crippen LogP contribution in [0.3, 0.4) is 0 Å². The summed E-state index contributed by atoms with van der Waals surface area (Å²) < 4.78 is 5.38. The molecule has 0 aliphatic rings. The van der Waals surface area contributed by atoms with Gasteiger partial charge in [0.15, 0.2) is 0 Å². The summed E-state index contributed by atoms with van der Waals surface area (Å²) in [5.74, 6) is 5.09. The molecular weight excluding hydrogens is 192 g/mol. The maximum absolute atomic E-state index is 11.4. The fraction of sp³-hybridized carbons (Fsp3) is 0.182. The van der Waals surface area contributed by atoms with Crippen LogP contribution in [0.25, 0.3) is 10.8 Å². The molecule has 0 radical (unpaired) electrons. The Labute approximate surface area is 87.0 Å². The lowest BCUT2D eigenvalue weighted by molar-refractivity contribution is -0.122. The van der Waals surface area contributed by atoms with Crippen LogP contribution >= 0.6 is 0 Å². The van der Waals surface area contributed by atoms with Gasteiger partial charge < -0.3 is 4.42 Å². The van der Waals surface area contributed by atoms with Gasteiger partial charge in [0, 0.05) is 10.8 Å². The van der Waals surface area contributed by atoms with Crippen LogP contribution in [0.5, 0.6) is 0 Å². The van der Waals surface area contributed by atoms with Crippen molar-refractivity contribution in [3.05, 3.63) is 36.3 Å². The SMILES string of the molecule is CC(C(=O)NN)c1occ2ccccc12. The van der Waals surface area contributed by atoms with Gasteiger partial charge in [0.1, 0.15) is 5.76 Å². The highest BCUT2D eigenvalue weighted by Gasteiger charge is 2.19. The van der Waals surface area contributed by atoms with Gasteiger partial charge in [-0.1, -0.05) is 24.3 Å². The molecule has 4 heteroatoms. The van der Waals surface area contributed by atoms with Crippen molar-refractivity contribution in [1.82, 2.24) is 5.43 Å². The number of benzene rings is 1. The Morgan fingerprint density at radius 3 is 2.93 bits per heavy atom. The van der Waals surface area contributed by atoms with E-state index in [2.05, 4.69) is 5.43 Å². The van der Waals surface area contributed by atoms with Crippen molar-refractivity contribution in [3.8, 4) is 0 Å². The standard InChI is InChI=1S/C11H12N2O2/c1-7(11(14)13-12)10-9-5-3-2-4-8(9)6-15-10/h2-7H,12H2,1H3,(H,13,14). The average molecular weight is 204 g/mol. The number of carbonyl (C=O) groups excluding carboxylic acids is 1. The number of carbonyl (C=O) groups is 1. The summed E-state index contributed by atoms with van der Waals surface area (Å²) >= 11 is 0. The Balaban J connectivity index is 2.48. The van der Waals surface area contributed by atoms with Gasteiger partial charge in [-0.15, -0.1) is 0 Å². The van der Waals surface area contributed by atoms with Gasteiger partial charge in [0.25, 0.3) is 0 Å². The second-order valence-corrected chi connectivity index (χ2v) is 3.42. The van der Waals surface area contributed by atoms with Gasteiger partial charge >= 0.3 is 0 Å². The fourth-order valence-electron chi connectivity index (χ4n) is 1.59. The zero-order valence-corrected chi connectivity index (χ0v) is 8.36. The fourth-order valence-corrected chi connectivity index (χ4v) is 1.59. The lowest BCUT2D eigenvalue weighted by atomic mass is 10.0. The Bertz CT molecular complexity index is 490. The van der Waals surface area contributed by atoms with Crippen molar-refractivity contribution in [1.29, 1.82) is 0 Å². The van der Waals surface area contributed by atoms with Crippen LogP contribution in [-0.2, 0) is 4.79 Å². The Hall–Kier alpha value is -1.81. The predicted octanol–water partition coefficient (Wildman–Crippen LogP) is 1.53. The molecule has 2 aromatic rings. The van der Waals surface area contributed by atoms with E-state index in [9.17, 15) is 4.79 Å². The molecule has 0 fully saturated rings. The molecule has 1 atom stereocenters. The molecule has 0 spiro atoms. The maximum Gasteiger partial charge on any atom is 0.244 e. The third-order valence-corrected chi connectivity index (χ3v) is 2.47. The lowest BCUT2D eigenvalue weighted by Crippen LogP contribution is -2.33. The van der Waals surface area contributed by atoms with E-state index in [0.29, 0.717) is 5.76 Å². The minimum atomic E-state index is -0.380. The number of hydrogen-bond acceptors (Lipinski definition) is 3. The summed E-state index contributed by atoms with van der Waals surface area (Å²) in [4.78, 5) is 11.4. The van der Waals surface area contributed by atoms with Crippen molar-refractivity contribution in [2.75, 3.05) is 0 Å². The van der Waals surface area contributed by atoms with E-state index < -0.39 is 0 Å². The van der Waals surface area contributed by atoms with Crippen molar-refractivity contribution >= 4 is 16.7 Å². The van der Waals surface area contributed by atoms with Crippen molar-refractivity contribution in [3.63, 3.8) is 0 Å². The van der Waals surface area contributed by atoms with E-state index in [-0.39, 0.29) is 11.8 Å². The van der Waals surface area contributed by atoms with Crippen LogP contribution in [0.2, 0.25) is 0 Å². The topological polar surface area (TPSA) is 68.3 Å². The van der Waals surface area contributed by atoms with Crippen LogP contribution in [0.15, 0.2) is 34.9 Å². The van der Waals surface area contributed by atoms with Crippen LogP contribution in [0, 0.1) is 0 Å². The third-order valence-electron chi connectivity index (χ3n) is 2.47.